The van der Waals surface area contributed by atoms with Gasteiger partial charge in [-0.2, -0.15) is 0 Å². The van der Waals surface area contributed by atoms with Gasteiger partial charge in [-0.05, 0) is 31.5 Å². The van der Waals surface area contributed by atoms with Crippen molar-refractivity contribution in [2.24, 2.45) is 0 Å². The normalized spacial score (nSPS) is 15.5. The van der Waals surface area contributed by atoms with E-state index >= 15 is 0 Å². The van der Waals surface area contributed by atoms with E-state index in [1.54, 1.807) is 6.92 Å². The van der Waals surface area contributed by atoms with Crippen LogP contribution in [0.5, 0.6) is 0 Å². The van der Waals surface area contributed by atoms with Crippen molar-refractivity contribution in [1.82, 2.24) is 14.4 Å². The zero-order valence-electron chi connectivity index (χ0n) is 16.9. The van der Waals surface area contributed by atoms with E-state index in [0.29, 0.717) is 0 Å². The molecule has 2 heterocycles. The van der Waals surface area contributed by atoms with Crippen LogP contribution in [0.2, 0.25) is 0 Å². The first-order valence-electron chi connectivity index (χ1n) is 10.7. The average molecular weight is 378 g/mol. The van der Waals surface area contributed by atoms with Crippen LogP contribution in [-0.4, -0.2) is 53.0 Å². The summed E-state index contributed by atoms with van der Waals surface area (Å²) in [4.78, 5) is 15.9. The summed E-state index contributed by atoms with van der Waals surface area (Å²) in [7, 11) is 0. The summed E-state index contributed by atoms with van der Waals surface area (Å²) in [6, 6.07) is 17.5. The highest BCUT2D eigenvalue weighted by molar-refractivity contribution is 6.07. The van der Waals surface area contributed by atoms with Crippen molar-refractivity contribution in [3.63, 3.8) is 0 Å². The average Bonchev–Trinajstić information content (AvgIpc) is 3.05. The van der Waals surface area contributed by atoms with Crippen LogP contribution in [0, 0.1) is 0 Å². The zero-order chi connectivity index (χ0) is 19.3. The molecular formula is C24H31N3O. The minimum atomic E-state index is 0.213. The van der Waals surface area contributed by atoms with Crippen LogP contribution < -0.4 is 0 Å². The maximum atomic E-state index is 11.4. The van der Waals surface area contributed by atoms with Crippen molar-refractivity contribution in [3.8, 4) is 0 Å². The summed E-state index contributed by atoms with van der Waals surface area (Å²) in [5.74, 6) is 0.213. The van der Waals surface area contributed by atoms with Crippen molar-refractivity contribution in [2.75, 3.05) is 32.7 Å². The topological polar surface area (TPSA) is 28.5 Å². The highest BCUT2D eigenvalue weighted by Crippen LogP contribution is 2.29. The van der Waals surface area contributed by atoms with E-state index in [1.807, 2.05) is 4.90 Å². The molecule has 2 aromatic carbocycles. The summed E-state index contributed by atoms with van der Waals surface area (Å²) in [5, 5.41) is 2.73. The van der Waals surface area contributed by atoms with E-state index in [4.69, 9.17) is 0 Å². The number of carbonyl (C=O) groups excluding carboxylic acids is 1. The van der Waals surface area contributed by atoms with E-state index in [2.05, 4.69) is 58.0 Å². The van der Waals surface area contributed by atoms with Gasteiger partial charge in [-0.15, -0.1) is 0 Å². The molecule has 4 rings (SSSR count). The molecule has 1 aromatic heterocycles. The number of carbonyl (C=O) groups is 1. The van der Waals surface area contributed by atoms with Crippen LogP contribution >= 0.6 is 0 Å². The van der Waals surface area contributed by atoms with Crippen LogP contribution in [-0.2, 0) is 11.3 Å². The minimum absolute atomic E-state index is 0.213. The monoisotopic (exact) mass is 377 g/mol. The standard InChI is InChI=1S/C24H31N3O/c1-20(28)26-18-16-25(17-19-26)14-8-2-3-9-15-27-23-12-6-4-10-21(23)22-11-5-7-13-24(22)27/h4-7,10-13H,2-3,8-9,14-19H2,1H3. The number of nitrogens with zero attached hydrogens (tertiary/aromatic N) is 3. The lowest BCUT2D eigenvalue weighted by Gasteiger charge is -2.34. The first-order chi connectivity index (χ1) is 13.7. The first-order valence-corrected chi connectivity index (χ1v) is 10.7. The third-order valence-corrected chi connectivity index (χ3v) is 6.10. The molecule has 0 radical (unpaired) electrons. The molecule has 4 nitrogen and oxygen atoms in total. The Morgan fingerprint density at radius 2 is 1.29 bits per heavy atom. The smallest absolute Gasteiger partial charge is 0.219 e. The van der Waals surface area contributed by atoms with Crippen LogP contribution in [0.4, 0.5) is 0 Å². The van der Waals surface area contributed by atoms with Gasteiger partial charge in [-0.3, -0.25) is 9.69 Å². The van der Waals surface area contributed by atoms with E-state index in [-0.39, 0.29) is 5.91 Å². The molecule has 1 aliphatic rings. The van der Waals surface area contributed by atoms with Crippen molar-refractivity contribution in [3.05, 3.63) is 48.5 Å². The fourth-order valence-corrected chi connectivity index (χ4v) is 4.49. The SMILES string of the molecule is CC(=O)N1CCN(CCCCCCn2c3ccccc3c3ccccc32)CC1. The maximum absolute atomic E-state index is 11.4. The third-order valence-electron chi connectivity index (χ3n) is 6.10. The number of amides is 1. The van der Waals surface area contributed by atoms with Gasteiger partial charge in [-0.1, -0.05) is 49.2 Å². The Bertz CT molecular complexity index is 884. The highest BCUT2D eigenvalue weighted by Gasteiger charge is 2.17. The van der Waals surface area contributed by atoms with Gasteiger partial charge in [0.25, 0.3) is 0 Å². The Balaban J connectivity index is 1.24. The largest absolute Gasteiger partial charge is 0.340 e. The quantitative estimate of drug-likeness (QED) is 0.567. The number of aryl methyl sites for hydroxylation is 1. The van der Waals surface area contributed by atoms with E-state index < -0.39 is 0 Å². The molecule has 0 N–H and O–H groups in total. The summed E-state index contributed by atoms with van der Waals surface area (Å²) in [6.45, 7) is 7.77. The Morgan fingerprint density at radius 1 is 0.750 bits per heavy atom. The second-order valence-corrected chi connectivity index (χ2v) is 7.95. The number of para-hydroxylation sites is 2. The van der Waals surface area contributed by atoms with Crippen molar-refractivity contribution in [2.45, 2.75) is 39.2 Å². The Kier molecular flexibility index (Phi) is 5.96. The summed E-state index contributed by atoms with van der Waals surface area (Å²) in [5.41, 5.74) is 2.71. The number of hydrogen-bond acceptors (Lipinski definition) is 2. The number of piperazine rings is 1. The molecule has 3 aromatic rings. The number of aromatic nitrogens is 1. The van der Waals surface area contributed by atoms with Gasteiger partial charge in [0.2, 0.25) is 5.91 Å². The lowest BCUT2D eigenvalue weighted by Crippen LogP contribution is -2.48. The number of benzene rings is 2. The Labute approximate surface area is 167 Å². The zero-order valence-corrected chi connectivity index (χ0v) is 16.9. The Morgan fingerprint density at radius 3 is 1.86 bits per heavy atom. The van der Waals surface area contributed by atoms with Crippen LogP contribution in [0.25, 0.3) is 21.8 Å². The maximum Gasteiger partial charge on any atom is 0.219 e. The number of rotatable bonds is 7. The second-order valence-electron chi connectivity index (χ2n) is 7.95. The van der Waals surface area contributed by atoms with Gasteiger partial charge < -0.3 is 9.47 Å². The number of hydrogen-bond donors (Lipinski definition) is 0. The molecule has 0 unspecified atom stereocenters. The number of fused-ring (bicyclic) bond motifs is 3. The fourth-order valence-electron chi connectivity index (χ4n) is 4.49. The second kappa shape index (κ2) is 8.78. The molecule has 0 saturated carbocycles. The van der Waals surface area contributed by atoms with Gasteiger partial charge in [0.1, 0.15) is 0 Å². The molecule has 1 fully saturated rings. The summed E-state index contributed by atoms with van der Waals surface area (Å²) < 4.78 is 2.49. The van der Waals surface area contributed by atoms with Crippen molar-refractivity contribution >= 4 is 27.7 Å². The van der Waals surface area contributed by atoms with Gasteiger partial charge in [0, 0.05) is 61.5 Å². The molecular weight excluding hydrogens is 346 g/mol. The number of unbranched alkanes of at least 4 members (excludes halogenated alkanes) is 3. The lowest BCUT2D eigenvalue weighted by atomic mass is 10.1. The molecule has 0 aliphatic carbocycles. The van der Waals surface area contributed by atoms with Crippen LogP contribution in [0.15, 0.2) is 48.5 Å². The molecule has 4 heteroatoms. The first kappa shape index (κ1) is 19.0. The summed E-state index contributed by atoms with van der Waals surface area (Å²) >= 11 is 0. The van der Waals surface area contributed by atoms with Gasteiger partial charge in [-0.25, -0.2) is 0 Å². The third kappa shape index (κ3) is 4.07. The molecule has 1 amide bonds. The molecule has 0 spiro atoms. The molecule has 1 aliphatic heterocycles. The van der Waals surface area contributed by atoms with Gasteiger partial charge >= 0.3 is 0 Å². The van der Waals surface area contributed by atoms with Crippen LogP contribution in [0.3, 0.4) is 0 Å². The highest BCUT2D eigenvalue weighted by atomic mass is 16.2. The predicted molar refractivity (Wildman–Crippen MR) is 117 cm³/mol. The van der Waals surface area contributed by atoms with E-state index in [1.165, 1.54) is 54.0 Å². The molecule has 0 atom stereocenters. The minimum Gasteiger partial charge on any atom is -0.340 e. The fraction of sp³-hybridized carbons (Fsp3) is 0.458. The van der Waals surface area contributed by atoms with Gasteiger partial charge in [0.05, 0.1) is 0 Å². The summed E-state index contributed by atoms with van der Waals surface area (Å²) in [6.07, 6.45) is 5.03. The van der Waals surface area contributed by atoms with E-state index in [0.717, 1.165) is 32.7 Å². The van der Waals surface area contributed by atoms with Gasteiger partial charge in [0.15, 0.2) is 0 Å². The van der Waals surface area contributed by atoms with Crippen molar-refractivity contribution in [1.29, 1.82) is 0 Å². The molecule has 148 valence electrons. The van der Waals surface area contributed by atoms with Crippen LogP contribution in [0.1, 0.15) is 32.6 Å². The van der Waals surface area contributed by atoms with Crippen molar-refractivity contribution < 1.29 is 4.79 Å². The van der Waals surface area contributed by atoms with E-state index in [9.17, 15) is 4.79 Å². The molecule has 1 saturated heterocycles. The predicted octanol–water partition coefficient (Wildman–Crippen LogP) is 4.52. The molecule has 28 heavy (non-hydrogen) atoms. The Hall–Kier alpha value is -2.33. The lowest BCUT2D eigenvalue weighted by molar-refractivity contribution is -0.130. The molecule has 0 bridgehead atoms.